The minimum atomic E-state index is -0.372. The SMILES string of the molecule is COC(=O)c1ccc(N2C[C@@H]3C[C@H]2C[C@H]3OCc2c(C3CC3)cnn2-c2c(Cl)cccc2Cl)nc1. The number of piperidine rings is 1. The van der Waals surface area contributed by atoms with Crippen molar-refractivity contribution in [3.8, 4) is 5.69 Å². The van der Waals surface area contributed by atoms with Gasteiger partial charge in [0, 0.05) is 24.7 Å². The summed E-state index contributed by atoms with van der Waals surface area (Å²) >= 11 is 13.0. The van der Waals surface area contributed by atoms with Gasteiger partial charge < -0.3 is 14.4 Å². The molecule has 0 radical (unpaired) electrons. The highest BCUT2D eigenvalue weighted by Gasteiger charge is 2.46. The zero-order valence-electron chi connectivity index (χ0n) is 19.4. The van der Waals surface area contributed by atoms with Crippen LogP contribution >= 0.6 is 23.2 Å². The van der Waals surface area contributed by atoms with Crippen LogP contribution in [0, 0.1) is 5.92 Å². The molecule has 3 atom stereocenters. The maximum absolute atomic E-state index is 11.7. The number of rotatable bonds is 7. The summed E-state index contributed by atoms with van der Waals surface area (Å²) in [7, 11) is 1.37. The molecule has 3 aliphatic rings. The molecule has 0 spiro atoms. The Hall–Kier alpha value is -2.61. The molecule has 2 bridgehead atoms. The van der Waals surface area contributed by atoms with Gasteiger partial charge in [0.25, 0.3) is 0 Å². The summed E-state index contributed by atoms with van der Waals surface area (Å²) in [6.07, 6.45) is 8.10. The van der Waals surface area contributed by atoms with Crippen molar-refractivity contribution in [3.05, 3.63) is 69.6 Å². The summed E-state index contributed by atoms with van der Waals surface area (Å²) in [5, 5.41) is 5.81. The number of aromatic nitrogens is 3. The number of hydrogen-bond acceptors (Lipinski definition) is 6. The number of carbonyl (C=O) groups is 1. The second kappa shape index (κ2) is 9.12. The van der Waals surface area contributed by atoms with Gasteiger partial charge in [0.15, 0.2) is 0 Å². The topological polar surface area (TPSA) is 69.5 Å². The number of halogens is 2. The number of benzene rings is 1. The Morgan fingerprint density at radius 2 is 1.91 bits per heavy atom. The first-order valence-electron chi connectivity index (χ1n) is 12.0. The molecule has 2 aromatic heterocycles. The Morgan fingerprint density at radius 3 is 2.54 bits per heavy atom. The van der Waals surface area contributed by atoms with Crippen LogP contribution < -0.4 is 4.90 Å². The van der Waals surface area contributed by atoms with Crippen molar-refractivity contribution in [3.63, 3.8) is 0 Å². The van der Waals surface area contributed by atoms with E-state index in [4.69, 9.17) is 32.7 Å². The monoisotopic (exact) mass is 512 g/mol. The number of esters is 1. The lowest BCUT2D eigenvalue weighted by molar-refractivity contribution is 0.00987. The minimum Gasteiger partial charge on any atom is -0.465 e. The van der Waals surface area contributed by atoms with E-state index >= 15 is 0 Å². The summed E-state index contributed by atoms with van der Waals surface area (Å²) in [5.74, 6) is 1.50. The number of pyridine rings is 1. The van der Waals surface area contributed by atoms with Crippen LogP contribution in [0.25, 0.3) is 5.69 Å². The third-order valence-corrected chi connectivity index (χ3v) is 8.05. The van der Waals surface area contributed by atoms with Gasteiger partial charge in [-0.3, -0.25) is 0 Å². The van der Waals surface area contributed by atoms with Gasteiger partial charge in [-0.25, -0.2) is 14.5 Å². The molecule has 3 fully saturated rings. The predicted molar refractivity (Wildman–Crippen MR) is 134 cm³/mol. The fourth-order valence-electron chi connectivity index (χ4n) is 5.52. The summed E-state index contributed by atoms with van der Waals surface area (Å²) in [6.45, 7) is 1.37. The van der Waals surface area contributed by atoms with Crippen LogP contribution in [0.5, 0.6) is 0 Å². The highest BCUT2D eigenvalue weighted by Crippen LogP contribution is 2.45. The summed E-state index contributed by atoms with van der Waals surface area (Å²) in [6, 6.07) is 9.57. The zero-order chi connectivity index (χ0) is 24.1. The number of carbonyl (C=O) groups excluding carboxylic acids is 1. The number of para-hydroxylation sites is 1. The van der Waals surface area contributed by atoms with Crippen LogP contribution in [0.4, 0.5) is 5.82 Å². The van der Waals surface area contributed by atoms with Crippen LogP contribution in [-0.4, -0.2) is 46.5 Å². The van der Waals surface area contributed by atoms with Gasteiger partial charge in [-0.2, -0.15) is 5.10 Å². The van der Waals surface area contributed by atoms with Gasteiger partial charge >= 0.3 is 5.97 Å². The normalized spacial score (nSPS) is 23.2. The van der Waals surface area contributed by atoms with E-state index in [9.17, 15) is 4.79 Å². The van der Waals surface area contributed by atoms with Crippen molar-refractivity contribution in [2.45, 2.75) is 50.4 Å². The molecule has 0 unspecified atom stereocenters. The van der Waals surface area contributed by atoms with Gasteiger partial charge in [0.2, 0.25) is 0 Å². The fourth-order valence-corrected chi connectivity index (χ4v) is 6.08. The van der Waals surface area contributed by atoms with Gasteiger partial charge in [-0.15, -0.1) is 0 Å². The third kappa shape index (κ3) is 4.20. The molecule has 35 heavy (non-hydrogen) atoms. The molecular formula is C26H26Cl2N4O3. The molecule has 7 nitrogen and oxygen atoms in total. The van der Waals surface area contributed by atoms with E-state index in [-0.39, 0.29) is 12.1 Å². The number of hydrogen-bond donors (Lipinski definition) is 0. The molecule has 3 aromatic rings. The van der Waals surface area contributed by atoms with Crippen molar-refractivity contribution in [1.82, 2.24) is 14.8 Å². The molecule has 9 heteroatoms. The first-order valence-corrected chi connectivity index (χ1v) is 12.7. The molecule has 2 aliphatic carbocycles. The molecule has 0 amide bonds. The molecule has 6 rings (SSSR count). The number of fused-ring (bicyclic) bond motifs is 2. The molecule has 0 N–H and O–H groups in total. The average molecular weight is 513 g/mol. The van der Waals surface area contributed by atoms with E-state index in [1.54, 1.807) is 12.3 Å². The lowest BCUT2D eigenvalue weighted by Gasteiger charge is -2.32. The average Bonchev–Trinajstić information content (AvgIpc) is 3.32. The standard InChI is InChI=1S/C26H26Cl2N4O3/c1-34-26(33)16-7-8-24(29-11-16)31-13-17-9-18(31)10-23(17)35-14-22-19(15-5-6-15)12-30-32(22)25-20(27)3-2-4-21(25)28/h2-4,7-8,11-12,15,17-18,23H,5-6,9-10,13-14H2,1H3/t17-,18-,23+/m0/s1. The first-order chi connectivity index (χ1) is 17.0. The van der Waals surface area contributed by atoms with E-state index in [0.717, 1.165) is 30.9 Å². The lowest BCUT2D eigenvalue weighted by Crippen LogP contribution is -2.39. The van der Waals surface area contributed by atoms with Crippen LogP contribution in [0.1, 0.15) is 53.2 Å². The second-order valence-corrected chi connectivity index (χ2v) is 10.4. The van der Waals surface area contributed by atoms with Crippen molar-refractivity contribution in [2.75, 3.05) is 18.6 Å². The van der Waals surface area contributed by atoms with E-state index < -0.39 is 0 Å². The largest absolute Gasteiger partial charge is 0.465 e. The smallest absolute Gasteiger partial charge is 0.339 e. The third-order valence-electron chi connectivity index (χ3n) is 7.44. The molecule has 1 saturated heterocycles. The second-order valence-electron chi connectivity index (χ2n) is 9.59. The quantitative estimate of drug-likeness (QED) is 0.393. The molecule has 182 valence electrons. The van der Waals surface area contributed by atoms with Crippen molar-refractivity contribution in [2.24, 2.45) is 5.92 Å². The van der Waals surface area contributed by atoms with Crippen molar-refractivity contribution in [1.29, 1.82) is 0 Å². The zero-order valence-corrected chi connectivity index (χ0v) is 20.9. The highest BCUT2D eigenvalue weighted by atomic mass is 35.5. The summed E-state index contributed by atoms with van der Waals surface area (Å²) in [5.41, 5.74) is 3.45. The number of nitrogens with zero attached hydrogens (tertiary/aromatic N) is 4. The maximum Gasteiger partial charge on any atom is 0.339 e. The van der Waals surface area contributed by atoms with Gasteiger partial charge in [0.1, 0.15) is 11.5 Å². The molecular weight excluding hydrogens is 487 g/mol. The van der Waals surface area contributed by atoms with E-state index in [1.165, 1.54) is 25.5 Å². The van der Waals surface area contributed by atoms with Crippen molar-refractivity contribution < 1.29 is 14.3 Å². The number of anilines is 1. The Kier molecular flexibility index (Phi) is 5.95. The number of methoxy groups -OCH3 is 1. The van der Waals surface area contributed by atoms with Crippen molar-refractivity contribution >= 4 is 35.0 Å². The minimum absolute atomic E-state index is 0.183. The lowest BCUT2D eigenvalue weighted by atomic mass is 10.1. The molecule has 1 aromatic carbocycles. The highest BCUT2D eigenvalue weighted by molar-refractivity contribution is 6.37. The van der Waals surface area contributed by atoms with E-state index in [2.05, 4.69) is 15.0 Å². The molecule has 3 heterocycles. The van der Waals surface area contributed by atoms with Crippen LogP contribution in [0.3, 0.4) is 0 Å². The molecule has 1 aliphatic heterocycles. The van der Waals surface area contributed by atoms with Crippen LogP contribution in [0.2, 0.25) is 10.0 Å². The Balaban J connectivity index is 1.16. The van der Waals surface area contributed by atoms with Gasteiger partial charge in [-0.1, -0.05) is 29.3 Å². The summed E-state index contributed by atoms with van der Waals surface area (Å²) < 4.78 is 13.2. The Bertz CT molecular complexity index is 1240. The fraction of sp³-hybridized carbons (Fsp3) is 0.423. The predicted octanol–water partition coefficient (Wildman–Crippen LogP) is 5.42. The maximum atomic E-state index is 11.7. The molecule has 2 saturated carbocycles. The Labute approximate surface area is 213 Å². The summed E-state index contributed by atoms with van der Waals surface area (Å²) in [4.78, 5) is 18.5. The Morgan fingerprint density at radius 1 is 1.11 bits per heavy atom. The van der Waals surface area contributed by atoms with Gasteiger partial charge in [0.05, 0.1) is 47.3 Å². The number of ether oxygens (including phenoxy) is 2. The van der Waals surface area contributed by atoms with Crippen LogP contribution in [0.15, 0.2) is 42.7 Å². The van der Waals surface area contributed by atoms with E-state index in [1.807, 2.05) is 35.1 Å². The van der Waals surface area contributed by atoms with E-state index in [0.29, 0.717) is 45.8 Å². The van der Waals surface area contributed by atoms with Crippen LogP contribution in [-0.2, 0) is 16.1 Å². The van der Waals surface area contributed by atoms with Gasteiger partial charge in [-0.05, 0) is 61.4 Å². The first kappa shape index (κ1) is 22.8.